The number of ether oxygens (including phenoxy) is 13. The Labute approximate surface area is 431 Å². The van der Waals surface area contributed by atoms with Crippen LogP contribution >= 0.6 is 0 Å². The molecule has 6 aromatic rings. The second-order valence-electron chi connectivity index (χ2n) is 16.9. The van der Waals surface area contributed by atoms with Crippen molar-refractivity contribution in [2.24, 2.45) is 0 Å². The van der Waals surface area contributed by atoms with E-state index in [4.69, 9.17) is 61.6 Å². The third-order valence-electron chi connectivity index (χ3n) is 11.0. The first kappa shape index (κ1) is 56.1. The second-order valence-corrected chi connectivity index (χ2v) is 16.9. The lowest BCUT2D eigenvalue weighted by molar-refractivity contribution is -0.162. The molecule has 0 aromatic heterocycles. The predicted octanol–water partition coefficient (Wildman–Crippen LogP) is 9.83. The van der Waals surface area contributed by atoms with E-state index in [1.54, 1.807) is 7.11 Å². The summed E-state index contributed by atoms with van der Waals surface area (Å²) in [6.45, 7) is 7.00. The molecule has 0 amide bonds. The van der Waals surface area contributed by atoms with E-state index in [1.165, 1.54) is 0 Å². The highest BCUT2D eigenvalue weighted by Crippen LogP contribution is 2.17. The fourth-order valence-electron chi connectivity index (χ4n) is 6.99. The molecular weight excluding hydrogens is 931 g/mol. The lowest BCUT2D eigenvalue weighted by Gasteiger charge is -2.28. The van der Waals surface area contributed by atoms with E-state index in [2.05, 4.69) is 5.32 Å². The van der Waals surface area contributed by atoms with Gasteiger partial charge in [-0.2, -0.15) is 0 Å². The highest BCUT2D eigenvalue weighted by atomic mass is 16.7. The fraction of sp³-hybridized carbons (Fsp3) is 0.390. The van der Waals surface area contributed by atoms with Gasteiger partial charge >= 0.3 is 0 Å². The average molecular weight is 1000 g/mol. The van der Waals surface area contributed by atoms with Crippen molar-refractivity contribution in [2.75, 3.05) is 98.3 Å². The van der Waals surface area contributed by atoms with Gasteiger partial charge in [-0.05, 0) is 86.6 Å². The summed E-state index contributed by atoms with van der Waals surface area (Å²) in [7, 11) is 1.62. The van der Waals surface area contributed by atoms with Crippen LogP contribution in [0.3, 0.4) is 0 Å². The minimum atomic E-state index is -0.561. The molecule has 0 saturated carbocycles. The van der Waals surface area contributed by atoms with Gasteiger partial charge in [0.25, 0.3) is 0 Å². The highest BCUT2D eigenvalue weighted by molar-refractivity contribution is 5.42. The smallest absolute Gasteiger partial charge is 0.154 e. The van der Waals surface area contributed by atoms with Crippen LogP contribution in [0.1, 0.15) is 13.8 Å². The molecule has 0 bridgehead atoms. The number of hydrogen-bond acceptors (Lipinski definition) is 14. The quantitative estimate of drug-likeness (QED) is 0.0368. The Hall–Kier alpha value is -6.20. The summed E-state index contributed by atoms with van der Waals surface area (Å²) < 4.78 is 81.3. The van der Waals surface area contributed by atoms with Crippen LogP contribution in [0.5, 0.6) is 28.7 Å². The molecule has 392 valence electrons. The standard InChI is InChI=1S/C59H73NO13/c1-4-62-47(2)63-37-55(61-3)38-70-57(40-66-51-29-17-8-18-30-51)44-72-59(42-68-53-33-21-10-22-34-53)46-73-58(41-67-52-31-19-9-20-32-52)45-71-56(39-65-50-27-15-7-16-28-50)43-69-54(35-60-48-23-11-5-12-24-48)36-64-49-25-13-6-14-26-49/h5-34,47,54-60H,4,35-46H2,1-3H3. The van der Waals surface area contributed by atoms with Crippen LogP contribution < -0.4 is 29.0 Å². The summed E-state index contributed by atoms with van der Waals surface area (Å²) in [5.41, 5.74) is 0.975. The molecule has 0 saturated heterocycles. The van der Waals surface area contributed by atoms with Crippen LogP contribution in [-0.4, -0.2) is 136 Å². The van der Waals surface area contributed by atoms with E-state index >= 15 is 0 Å². The molecule has 1 N–H and O–H groups in total. The molecule has 6 aromatic carbocycles. The molecule has 0 fully saturated rings. The zero-order valence-electron chi connectivity index (χ0n) is 42.4. The van der Waals surface area contributed by atoms with Crippen molar-refractivity contribution in [1.82, 2.24) is 0 Å². The van der Waals surface area contributed by atoms with Gasteiger partial charge in [0.1, 0.15) is 98.4 Å². The van der Waals surface area contributed by atoms with Crippen molar-refractivity contribution < 1.29 is 61.6 Å². The van der Waals surface area contributed by atoms with E-state index < -0.39 is 24.4 Å². The Bertz CT molecular complexity index is 2190. The number of rotatable bonds is 39. The molecule has 0 spiro atoms. The topological polar surface area (TPSA) is 132 Å². The Morgan fingerprint density at radius 1 is 0.315 bits per heavy atom. The Morgan fingerprint density at radius 2 is 0.589 bits per heavy atom. The van der Waals surface area contributed by atoms with Crippen LogP contribution in [0, 0.1) is 0 Å². The van der Waals surface area contributed by atoms with Crippen molar-refractivity contribution in [1.29, 1.82) is 0 Å². The first-order valence-electron chi connectivity index (χ1n) is 25.0. The summed E-state index contributed by atoms with van der Waals surface area (Å²) in [6, 6.07) is 58.1. The number of hydrogen-bond donors (Lipinski definition) is 1. The molecular formula is C59H73NO13. The molecule has 73 heavy (non-hydrogen) atoms. The largest absolute Gasteiger partial charge is 0.491 e. The molecule has 14 heteroatoms. The molecule has 0 aliphatic carbocycles. The number of para-hydroxylation sites is 6. The zero-order chi connectivity index (χ0) is 50.8. The SMILES string of the molecule is CCOC(C)OCC(COC(COc1ccccc1)COC(COc1ccccc1)COC(COc1ccccc1)COC(COc1ccccc1)COC(CNc1ccccc1)COc1ccccc1)OC. The minimum absolute atomic E-state index is 0.126. The van der Waals surface area contributed by atoms with E-state index in [-0.39, 0.29) is 84.6 Å². The fourth-order valence-corrected chi connectivity index (χ4v) is 6.99. The molecule has 0 heterocycles. The number of methoxy groups -OCH3 is 1. The monoisotopic (exact) mass is 1000 g/mol. The summed E-state index contributed by atoms with van der Waals surface area (Å²) >= 11 is 0. The maximum absolute atomic E-state index is 6.69. The summed E-state index contributed by atoms with van der Waals surface area (Å²) in [5, 5.41) is 3.49. The third-order valence-corrected chi connectivity index (χ3v) is 11.0. The number of anilines is 1. The Kier molecular flexibility index (Phi) is 26.3. The predicted molar refractivity (Wildman–Crippen MR) is 281 cm³/mol. The van der Waals surface area contributed by atoms with Crippen LogP contribution in [0.2, 0.25) is 0 Å². The molecule has 14 nitrogen and oxygen atoms in total. The lowest BCUT2D eigenvalue weighted by Crippen LogP contribution is -2.40. The van der Waals surface area contributed by atoms with Crippen molar-refractivity contribution >= 4 is 5.69 Å². The van der Waals surface area contributed by atoms with Crippen LogP contribution in [0.15, 0.2) is 182 Å². The van der Waals surface area contributed by atoms with Gasteiger partial charge in [-0.15, -0.1) is 0 Å². The second kappa shape index (κ2) is 34.3. The molecule has 0 radical (unpaired) electrons. The first-order chi connectivity index (χ1) is 36.0. The average Bonchev–Trinajstić information content (AvgIpc) is 3.44. The van der Waals surface area contributed by atoms with E-state index in [9.17, 15) is 0 Å². The van der Waals surface area contributed by atoms with Gasteiger partial charge in [-0.25, -0.2) is 0 Å². The van der Waals surface area contributed by atoms with Crippen LogP contribution in [0.4, 0.5) is 5.69 Å². The van der Waals surface area contributed by atoms with Crippen LogP contribution in [-0.2, 0) is 37.9 Å². The molecule has 0 aliphatic heterocycles. The van der Waals surface area contributed by atoms with Crippen LogP contribution in [0.25, 0.3) is 0 Å². The van der Waals surface area contributed by atoms with Gasteiger partial charge in [-0.1, -0.05) is 109 Å². The van der Waals surface area contributed by atoms with Crippen molar-refractivity contribution in [3.8, 4) is 28.7 Å². The summed E-state index contributed by atoms with van der Waals surface area (Å²) in [5.74, 6) is 3.56. The highest BCUT2D eigenvalue weighted by Gasteiger charge is 2.24. The van der Waals surface area contributed by atoms with Gasteiger partial charge < -0.3 is 66.9 Å². The maximum atomic E-state index is 6.69. The van der Waals surface area contributed by atoms with Gasteiger partial charge in [0, 0.05) is 25.9 Å². The van der Waals surface area contributed by atoms with Gasteiger partial charge in [-0.3, -0.25) is 0 Å². The third kappa shape index (κ3) is 23.5. The lowest BCUT2D eigenvalue weighted by atomic mass is 10.3. The minimum Gasteiger partial charge on any atom is -0.491 e. The molecule has 6 rings (SSSR count). The van der Waals surface area contributed by atoms with Gasteiger partial charge in [0.05, 0.1) is 39.6 Å². The van der Waals surface area contributed by atoms with Crippen molar-refractivity contribution in [3.63, 3.8) is 0 Å². The Morgan fingerprint density at radius 3 is 0.904 bits per heavy atom. The van der Waals surface area contributed by atoms with Crippen molar-refractivity contribution in [3.05, 3.63) is 182 Å². The molecule has 7 atom stereocenters. The first-order valence-corrected chi connectivity index (χ1v) is 25.0. The van der Waals surface area contributed by atoms with E-state index in [0.717, 1.165) is 11.4 Å². The molecule has 0 aliphatic rings. The zero-order valence-corrected chi connectivity index (χ0v) is 42.4. The maximum Gasteiger partial charge on any atom is 0.154 e. The normalized spacial score (nSPS) is 14.2. The summed E-state index contributed by atoms with van der Waals surface area (Å²) in [6.07, 6.45) is -3.22. The molecule has 7 unspecified atom stereocenters. The number of nitrogens with one attached hydrogen (secondary N) is 1. The summed E-state index contributed by atoms with van der Waals surface area (Å²) in [4.78, 5) is 0. The van der Waals surface area contributed by atoms with E-state index in [0.29, 0.717) is 42.8 Å². The van der Waals surface area contributed by atoms with E-state index in [1.807, 2.05) is 196 Å². The Balaban J connectivity index is 1.15. The number of benzene rings is 6. The van der Waals surface area contributed by atoms with Gasteiger partial charge in [0.15, 0.2) is 6.29 Å². The van der Waals surface area contributed by atoms with Crippen molar-refractivity contribution in [2.45, 2.75) is 56.8 Å². The van der Waals surface area contributed by atoms with Gasteiger partial charge in [0.2, 0.25) is 0 Å².